The maximum Gasteiger partial charge on any atom is 0.388 e. The number of nitrogen functional groups attached to an aromatic ring is 4. The van der Waals surface area contributed by atoms with E-state index in [-0.39, 0.29) is 81.9 Å². The Morgan fingerprint density at radius 2 is 0.805 bits per heavy atom. The standard InChI is InChI=1S/2C22H22F3N7O2.C22H28FN9O2.C21H22FN7O2/c1-11-6-13(9-27-20(11)34-21(24)25)31-5-3-4-12(10-31)18-29-19-14-7-15(23)17(33-2)8-16(14)28-22(26)32(19)30-18;1-11-6-13(10-31(20(11)33)21(24)25)30-5-3-4-12(9-30)18-28-19-14-7-15(23)17(34-2)8-16(14)27-22(26)32(19)29-18;1-12-25-21(29-31(12)11-22(2,3)33)30-7-5-6-13(10-30)18-27-19-14-8-15(23)17(34-4)9-16(14)26-20(24)32(19)28-18;1-30-17-9-16-14(8-15(17)22)20-26-19(27-29(20)21(23)25-16)12-4-3-7-28(11-12)13-5-6-18(31-2)24-10-13/h6-9,12,21H,3-5,10H2,1-2H3,(H2,26,28);6-8,10,12,21H,3-5,9H2,1-2H3,(H2,26,27);8-9,13,33H,5-7,10-11H2,1-4H3,(H2,24,26);5-6,8-10,12H,3-4,7,11H2,1-2H3,(H2,23,25)/t2*12-;13-;12-/m1111/s1. The molecule has 4 fully saturated rings. The Labute approximate surface area is 751 Å². The van der Waals surface area contributed by atoms with Gasteiger partial charge in [-0.3, -0.25) is 9.36 Å². The summed E-state index contributed by atoms with van der Waals surface area (Å²) in [6.07, 6.45) is 11.5. The van der Waals surface area contributed by atoms with Crippen LogP contribution in [-0.4, -0.2) is 213 Å². The molecule has 4 atom stereocenters. The van der Waals surface area contributed by atoms with Gasteiger partial charge in [0.25, 0.3) is 5.56 Å². The Kier molecular flexibility index (Phi) is 24.9. The van der Waals surface area contributed by atoms with E-state index < -0.39 is 47.6 Å². The molecule has 4 aliphatic rings. The molecule has 0 aliphatic carbocycles. The van der Waals surface area contributed by atoms with E-state index in [4.69, 9.17) is 61.6 Å². The van der Waals surface area contributed by atoms with Gasteiger partial charge in [-0.1, -0.05) is 0 Å². The van der Waals surface area contributed by atoms with Gasteiger partial charge in [-0.05, 0) is 128 Å². The van der Waals surface area contributed by atoms with Crippen molar-refractivity contribution in [2.24, 2.45) is 0 Å². The quantitative estimate of drug-likeness (QED) is 0.0498. The van der Waals surface area contributed by atoms with Crippen molar-refractivity contribution in [1.29, 1.82) is 0 Å². The number of aliphatic hydroxyl groups is 1. The number of ether oxygens (including phenoxy) is 6. The number of methoxy groups -OCH3 is 5. The number of piperidine rings is 4. The van der Waals surface area contributed by atoms with E-state index in [9.17, 15) is 45.0 Å². The predicted octanol–water partition coefficient (Wildman–Crippen LogP) is 11.8. The van der Waals surface area contributed by atoms with Crippen LogP contribution < -0.4 is 76.5 Å². The lowest BCUT2D eigenvalue weighted by Gasteiger charge is -2.33. The van der Waals surface area contributed by atoms with Crippen molar-refractivity contribution in [3.8, 4) is 34.8 Å². The zero-order valence-corrected chi connectivity index (χ0v) is 73.9. The number of nitrogens with zero attached hydrogens (tertiary/aromatic N) is 26. The molecule has 12 aromatic heterocycles. The fourth-order valence-corrected chi connectivity index (χ4v) is 17.3. The molecule has 20 rings (SSSR count). The molecule has 4 aromatic carbocycles. The minimum absolute atomic E-state index is 0.0211. The molecular formula is C87H94F8N30O8. The Bertz CT molecular complexity index is 7150. The number of alkyl halides is 4. The van der Waals surface area contributed by atoms with Crippen LogP contribution in [0.25, 0.3) is 66.2 Å². The van der Waals surface area contributed by atoms with E-state index in [1.165, 1.54) is 114 Å². The summed E-state index contributed by atoms with van der Waals surface area (Å²) in [5.41, 5.74) is 29.6. The molecule has 4 aliphatic heterocycles. The van der Waals surface area contributed by atoms with Crippen LogP contribution in [0.15, 0.2) is 96.2 Å². The van der Waals surface area contributed by atoms with Gasteiger partial charge < -0.3 is 76.1 Å². The van der Waals surface area contributed by atoms with E-state index in [1.807, 2.05) is 30.2 Å². The smallest absolute Gasteiger partial charge is 0.388 e. The fraction of sp³-hybridized carbons (Fsp3) is 0.391. The van der Waals surface area contributed by atoms with Crippen molar-refractivity contribution in [1.82, 2.24) is 108 Å². The summed E-state index contributed by atoms with van der Waals surface area (Å²) < 4.78 is 147. The van der Waals surface area contributed by atoms with Gasteiger partial charge in [0, 0.05) is 145 Å². The Morgan fingerprint density at radius 3 is 1.15 bits per heavy atom. The largest absolute Gasteiger partial charge is 0.494 e. The van der Waals surface area contributed by atoms with Crippen molar-refractivity contribution in [3.63, 3.8) is 0 Å². The van der Waals surface area contributed by atoms with Gasteiger partial charge in [0.15, 0.2) is 92.2 Å². The number of aryl methyl sites for hydroxylation is 3. The second-order valence-electron chi connectivity index (χ2n) is 33.4. The number of pyridine rings is 3. The maximum atomic E-state index is 14.4. The summed E-state index contributed by atoms with van der Waals surface area (Å²) in [7, 11) is 7.16. The molecule has 0 saturated carbocycles. The number of hydrogen-bond acceptors (Lipinski definition) is 32. The first-order valence-corrected chi connectivity index (χ1v) is 42.6. The highest BCUT2D eigenvalue weighted by Crippen LogP contribution is 2.40. The first-order valence-electron chi connectivity index (χ1n) is 42.6. The fourth-order valence-electron chi connectivity index (χ4n) is 17.3. The lowest BCUT2D eigenvalue weighted by Crippen LogP contribution is -2.36. The zero-order valence-electron chi connectivity index (χ0n) is 73.9. The van der Waals surface area contributed by atoms with Gasteiger partial charge in [0.1, 0.15) is 5.82 Å². The first-order chi connectivity index (χ1) is 63.8. The summed E-state index contributed by atoms with van der Waals surface area (Å²) in [6.45, 7) is 8.67. The van der Waals surface area contributed by atoms with Crippen molar-refractivity contribution >= 4 is 113 Å². The van der Waals surface area contributed by atoms with Gasteiger partial charge in [-0.15, -0.1) is 25.5 Å². The molecule has 16 heterocycles. The number of aromatic nitrogens is 22. The van der Waals surface area contributed by atoms with Crippen molar-refractivity contribution < 1.29 is 68.7 Å². The molecule has 0 spiro atoms. The second kappa shape index (κ2) is 36.8. The Balaban J connectivity index is 0.000000124. The Morgan fingerprint density at radius 1 is 0.444 bits per heavy atom. The molecule has 4 saturated heterocycles. The molecule has 696 valence electrons. The highest BCUT2D eigenvalue weighted by molar-refractivity contribution is 5.96. The lowest BCUT2D eigenvalue weighted by atomic mass is 9.97. The van der Waals surface area contributed by atoms with Crippen LogP contribution >= 0.6 is 0 Å². The normalized spacial score (nSPS) is 16.8. The van der Waals surface area contributed by atoms with E-state index in [2.05, 4.69) is 84.8 Å². The van der Waals surface area contributed by atoms with E-state index in [0.29, 0.717) is 150 Å². The van der Waals surface area contributed by atoms with Crippen LogP contribution in [0.3, 0.4) is 0 Å². The molecule has 0 bridgehead atoms. The molecule has 38 nitrogen and oxygen atoms in total. The number of rotatable bonds is 18. The Hall–Kier alpha value is -14.9. The average molecular weight is 1840 g/mol. The van der Waals surface area contributed by atoms with Crippen LogP contribution in [0.2, 0.25) is 0 Å². The van der Waals surface area contributed by atoms with Crippen LogP contribution in [0.4, 0.5) is 81.9 Å². The molecule has 9 N–H and O–H groups in total. The van der Waals surface area contributed by atoms with E-state index >= 15 is 0 Å². The van der Waals surface area contributed by atoms with Crippen LogP contribution in [0.1, 0.15) is 136 Å². The summed E-state index contributed by atoms with van der Waals surface area (Å²) in [5.74, 6) is 3.06. The topological polar surface area (TPSA) is 443 Å². The zero-order chi connectivity index (χ0) is 93.9. The maximum absolute atomic E-state index is 14.4. The third-order valence-corrected chi connectivity index (χ3v) is 23.8. The molecule has 0 radical (unpaired) electrons. The van der Waals surface area contributed by atoms with Gasteiger partial charge in [0.2, 0.25) is 41.5 Å². The first kappa shape index (κ1) is 90.1. The lowest BCUT2D eigenvalue weighted by molar-refractivity contribution is -0.0533. The minimum atomic E-state index is -2.93. The average Bonchev–Trinajstić information content (AvgIpc) is 1.64. The second-order valence-corrected chi connectivity index (χ2v) is 33.4. The van der Waals surface area contributed by atoms with Gasteiger partial charge in [-0.25, -0.2) is 72.1 Å². The number of anilines is 8. The molecule has 46 heteroatoms. The molecule has 16 aromatic rings. The highest BCUT2D eigenvalue weighted by Gasteiger charge is 2.34. The summed E-state index contributed by atoms with van der Waals surface area (Å²) >= 11 is 0. The SMILES string of the molecule is COc1cc2nc(N)n3nc([C@@H]4CCCN(c5cc(C)c(=O)n(C(F)F)c5)C4)nc3c2cc1F.COc1cc2nc(N)n3nc([C@@H]4CCCN(c5cnc(OC(F)F)c(C)c5)C4)nc3c2cc1F.COc1cc2nc(N)n3nc([C@@H]4CCCN(c5nc(C)n(CC(C)(C)O)n5)C4)nc3c2cc1F.COc1ccc(N2CCC[C@@H](c3nc4c5cc(F)c(OC)cc5nc(N)n4n3)C2)cn1. The van der Waals surface area contributed by atoms with Gasteiger partial charge in [0.05, 0.1) is 99.2 Å². The molecular weight excluding hydrogens is 1750 g/mol. The van der Waals surface area contributed by atoms with Crippen LogP contribution in [0, 0.1) is 44.0 Å². The van der Waals surface area contributed by atoms with E-state index in [1.54, 1.807) is 44.7 Å². The number of hydrogen-bond donors (Lipinski definition) is 5. The number of nitrogens with two attached hydrogens (primary N) is 4. The number of fused-ring (bicyclic) bond motifs is 12. The third kappa shape index (κ3) is 18.3. The van der Waals surface area contributed by atoms with Crippen molar-refractivity contribution in [3.05, 3.63) is 165 Å². The molecule has 0 unspecified atom stereocenters. The minimum Gasteiger partial charge on any atom is -0.494 e. The third-order valence-electron chi connectivity index (χ3n) is 23.8. The predicted molar refractivity (Wildman–Crippen MR) is 478 cm³/mol. The summed E-state index contributed by atoms with van der Waals surface area (Å²) in [6, 6.07) is 18.5. The van der Waals surface area contributed by atoms with Crippen LogP contribution in [0.5, 0.6) is 34.8 Å². The van der Waals surface area contributed by atoms with Crippen LogP contribution in [-0.2, 0) is 6.54 Å². The van der Waals surface area contributed by atoms with Gasteiger partial charge >= 0.3 is 13.2 Å². The molecule has 0 amide bonds. The van der Waals surface area contributed by atoms with Crippen molar-refractivity contribution in [2.75, 3.05) is 130 Å². The highest BCUT2D eigenvalue weighted by atomic mass is 19.3. The monoisotopic (exact) mass is 1840 g/mol. The number of halogens is 8. The summed E-state index contributed by atoms with van der Waals surface area (Å²) in [4.78, 5) is 69.5. The van der Waals surface area contributed by atoms with Crippen molar-refractivity contribution in [2.45, 2.75) is 135 Å². The van der Waals surface area contributed by atoms with Gasteiger partial charge in [-0.2, -0.15) is 40.6 Å². The summed E-state index contributed by atoms with van der Waals surface area (Å²) in [5, 5.41) is 35.1. The molecule has 133 heavy (non-hydrogen) atoms. The van der Waals surface area contributed by atoms with E-state index in [0.717, 1.165) is 94.7 Å². The number of benzene rings is 4.